The number of halogens is 1. The molecular formula is C12H11IN2. The van der Waals surface area contributed by atoms with E-state index in [0.717, 1.165) is 11.4 Å². The summed E-state index contributed by atoms with van der Waals surface area (Å²) in [7, 11) is 1.91. The summed E-state index contributed by atoms with van der Waals surface area (Å²) in [4.78, 5) is 4.37. The van der Waals surface area contributed by atoms with E-state index < -0.39 is 0 Å². The minimum atomic E-state index is 1.01. The summed E-state index contributed by atoms with van der Waals surface area (Å²) in [6, 6.07) is 12.3. The van der Waals surface area contributed by atoms with Crippen LogP contribution in [0.4, 0.5) is 5.69 Å². The number of hydrogen-bond acceptors (Lipinski definition) is 2. The first kappa shape index (κ1) is 10.4. The van der Waals surface area contributed by atoms with Crippen molar-refractivity contribution in [2.45, 2.75) is 0 Å². The Balaban J connectivity index is 2.49. The SMILES string of the molecule is CNc1ccnc(-c2ccccc2I)c1. The van der Waals surface area contributed by atoms with Crippen LogP contribution in [0, 0.1) is 3.57 Å². The van der Waals surface area contributed by atoms with Crippen LogP contribution in [0.1, 0.15) is 0 Å². The molecule has 0 unspecified atom stereocenters. The molecule has 2 aromatic rings. The lowest BCUT2D eigenvalue weighted by Gasteiger charge is -2.05. The lowest BCUT2D eigenvalue weighted by molar-refractivity contribution is 1.31. The van der Waals surface area contributed by atoms with Crippen molar-refractivity contribution >= 4 is 28.3 Å². The summed E-state index contributed by atoms with van der Waals surface area (Å²) in [5.41, 5.74) is 3.27. The third-order valence-corrected chi connectivity index (χ3v) is 3.14. The Morgan fingerprint density at radius 3 is 2.73 bits per heavy atom. The smallest absolute Gasteiger partial charge is 0.0733 e. The van der Waals surface area contributed by atoms with Gasteiger partial charge in [0, 0.05) is 28.1 Å². The Labute approximate surface area is 103 Å². The van der Waals surface area contributed by atoms with Gasteiger partial charge in [-0.3, -0.25) is 4.98 Å². The van der Waals surface area contributed by atoms with E-state index >= 15 is 0 Å². The molecule has 0 bridgehead atoms. The van der Waals surface area contributed by atoms with Crippen LogP contribution in [-0.2, 0) is 0 Å². The average Bonchev–Trinajstić information content (AvgIpc) is 2.30. The summed E-state index contributed by atoms with van der Waals surface area (Å²) in [5.74, 6) is 0. The monoisotopic (exact) mass is 310 g/mol. The van der Waals surface area contributed by atoms with E-state index in [0.29, 0.717) is 0 Å². The van der Waals surface area contributed by atoms with Crippen molar-refractivity contribution in [1.82, 2.24) is 4.98 Å². The number of pyridine rings is 1. The van der Waals surface area contributed by atoms with Gasteiger partial charge < -0.3 is 5.32 Å². The quantitative estimate of drug-likeness (QED) is 0.860. The number of anilines is 1. The molecule has 1 aromatic heterocycles. The summed E-state index contributed by atoms with van der Waals surface area (Å²) in [6.45, 7) is 0. The predicted octanol–water partition coefficient (Wildman–Crippen LogP) is 3.39. The molecule has 0 aliphatic heterocycles. The standard InChI is InChI=1S/C12H11IN2/c1-14-9-6-7-15-12(8-9)10-4-2-3-5-11(10)13/h2-8H,1H3,(H,14,15). The van der Waals surface area contributed by atoms with Gasteiger partial charge in [0.25, 0.3) is 0 Å². The minimum Gasteiger partial charge on any atom is -0.388 e. The molecule has 1 aromatic carbocycles. The van der Waals surface area contributed by atoms with Crippen molar-refractivity contribution in [1.29, 1.82) is 0 Å². The van der Waals surface area contributed by atoms with E-state index in [-0.39, 0.29) is 0 Å². The fourth-order valence-corrected chi connectivity index (χ4v) is 2.07. The first-order valence-corrected chi connectivity index (χ1v) is 5.78. The second kappa shape index (κ2) is 4.61. The molecule has 0 fully saturated rings. The maximum Gasteiger partial charge on any atom is 0.0733 e. The number of aromatic nitrogens is 1. The lowest BCUT2D eigenvalue weighted by atomic mass is 10.1. The number of benzene rings is 1. The molecule has 0 atom stereocenters. The van der Waals surface area contributed by atoms with E-state index in [2.05, 4.69) is 51.1 Å². The Bertz CT molecular complexity index is 469. The second-order valence-corrected chi connectivity index (χ2v) is 4.32. The molecule has 2 nitrogen and oxygen atoms in total. The molecule has 0 aliphatic rings. The van der Waals surface area contributed by atoms with Gasteiger partial charge in [-0.25, -0.2) is 0 Å². The van der Waals surface area contributed by atoms with Crippen LogP contribution < -0.4 is 5.32 Å². The van der Waals surface area contributed by atoms with Gasteiger partial charge in [0.2, 0.25) is 0 Å². The zero-order chi connectivity index (χ0) is 10.7. The van der Waals surface area contributed by atoms with E-state index in [1.165, 1.54) is 9.13 Å². The van der Waals surface area contributed by atoms with Crippen molar-refractivity contribution in [3.05, 3.63) is 46.2 Å². The third-order valence-electron chi connectivity index (χ3n) is 2.20. The number of nitrogens with zero attached hydrogens (tertiary/aromatic N) is 1. The van der Waals surface area contributed by atoms with Gasteiger partial charge >= 0.3 is 0 Å². The fourth-order valence-electron chi connectivity index (χ4n) is 1.40. The van der Waals surface area contributed by atoms with Crippen LogP contribution in [0.25, 0.3) is 11.3 Å². The van der Waals surface area contributed by atoms with Crippen LogP contribution in [0.15, 0.2) is 42.6 Å². The molecule has 1 N–H and O–H groups in total. The Kier molecular flexibility index (Phi) is 3.20. The zero-order valence-corrected chi connectivity index (χ0v) is 10.5. The van der Waals surface area contributed by atoms with Crippen LogP contribution in [0.5, 0.6) is 0 Å². The van der Waals surface area contributed by atoms with Crippen molar-refractivity contribution < 1.29 is 0 Å². The van der Waals surface area contributed by atoms with E-state index in [1.807, 2.05) is 31.4 Å². The Hall–Kier alpha value is -1.10. The lowest BCUT2D eigenvalue weighted by Crippen LogP contribution is -1.91. The van der Waals surface area contributed by atoms with Gasteiger partial charge in [-0.1, -0.05) is 18.2 Å². The second-order valence-electron chi connectivity index (χ2n) is 3.16. The molecular weight excluding hydrogens is 299 g/mol. The fraction of sp³-hybridized carbons (Fsp3) is 0.0833. The van der Waals surface area contributed by atoms with Gasteiger partial charge in [-0.05, 0) is 40.8 Å². The highest BCUT2D eigenvalue weighted by Gasteiger charge is 2.03. The van der Waals surface area contributed by atoms with Crippen molar-refractivity contribution in [3.63, 3.8) is 0 Å². The molecule has 3 heteroatoms. The first-order chi connectivity index (χ1) is 7.31. The molecule has 2 rings (SSSR count). The van der Waals surface area contributed by atoms with Crippen molar-refractivity contribution in [2.24, 2.45) is 0 Å². The highest BCUT2D eigenvalue weighted by Crippen LogP contribution is 2.24. The normalized spacial score (nSPS) is 10.0. The third kappa shape index (κ3) is 2.28. The molecule has 76 valence electrons. The maximum absolute atomic E-state index is 4.37. The summed E-state index contributed by atoms with van der Waals surface area (Å²) in [5, 5.41) is 3.11. The van der Waals surface area contributed by atoms with Gasteiger partial charge in [0.05, 0.1) is 5.69 Å². The molecule has 0 saturated carbocycles. The van der Waals surface area contributed by atoms with Gasteiger partial charge in [0.15, 0.2) is 0 Å². The molecule has 15 heavy (non-hydrogen) atoms. The minimum absolute atomic E-state index is 1.01. The van der Waals surface area contributed by atoms with Crippen LogP contribution >= 0.6 is 22.6 Å². The molecule has 0 spiro atoms. The van der Waals surface area contributed by atoms with Crippen LogP contribution in [-0.4, -0.2) is 12.0 Å². The summed E-state index contributed by atoms with van der Waals surface area (Å²) >= 11 is 2.33. The number of hydrogen-bond donors (Lipinski definition) is 1. The molecule has 0 amide bonds. The van der Waals surface area contributed by atoms with Gasteiger partial charge in [0.1, 0.15) is 0 Å². The summed E-state index contributed by atoms with van der Waals surface area (Å²) in [6.07, 6.45) is 1.82. The van der Waals surface area contributed by atoms with Gasteiger partial charge in [-0.15, -0.1) is 0 Å². The largest absolute Gasteiger partial charge is 0.388 e. The predicted molar refractivity (Wildman–Crippen MR) is 71.9 cm³/mol. The van der Waals surface area contributed by atoms with Crippen LogP contribution in [0.2, 0.25) is 0 Å². The Morgan fingerprint density at radius 2 is 2.00 bits per heavy atom. The van der Waals surface area contributed by atoms with Crippen molar-refractivity contribution in [3.8, 4) is 11.3 Å². The highest BCUT2D eigenvalue weighted by atomic mass is 127. The topological polar surface area (TPSA) is 24.9 Å². The van der Waals surface area contributed by atoms with E-state index in [1.54, 1.807) is 0 Å². The van der Waals surface area contributed by atoms with Gasteiger partial charge in [-0.2, -0.15) is 0 Å². The molecule has 0 aliphatic carbocycles. The number of rotatable bonds is 2. The zero-order valence-electron chi connectivity index (χ0n) is 8.37. The molecule has 1 heterocycles. The van der Waals surface area contributed by atoms with Crippen molar-refractivity contribution in [2.75, 3.05) is 12.4 Å². The van der Waals surface area contributed by atoms with E-state index in [4.69, 9.17) is 0 Å². The Morgan fingerprint density at radius 1 is 1.20 bits per heavy atom. The first-order valence-electron chi connectivity index (χ1n) is 4.70. The maximum atomic E-state index is 4.37. The number of nitrogens with one attached hydrogen (secondary N) is 1. The summed E-state index contributed by atoms with van der Waals surface area (Å²) < 4.78 is 1.22. The molecule has 0 radical (unpaired) electrons. The van der Waals surface area contributed by atoms with E-state index in [9.17, 15) is 0 Å². The van der Waals surface area contributed by atoms with Crippen LogP contribution in [0.3, 0.4) is 0 Å². The highest BCUT2D eigenvalue weighted by molar-refractivity contribution is 14.1. The average molecular weight is 310 g/mol. The molecule has 0 saturated heterocycles.